The molecule has 0 unspecified atom stereocenters. The molecule has 2 aromatic carbocycles. The number of hydrogen-bond acceptors (Lipinski definition) is 3. The lowest BCUT2D eigenvalue weighted by Gasteiger charge is -2.19. The summed E-state index contributed by atoms with van der Waals surface area (Å²) in [6, 6.07) is 13.6. The summed E-state index contributed by atoms with van der Waals surface area (Å²) in [5, 5.41) is 2.95. The highest BCUT2D eigenvalue weighted by Gasteiger charge is 2.19. The third-order valence-electron chi connectivity index (χ3n) is 4.16. The second kappa shape index (κ2) is 9.11. The van der Waals surface area contributed by atoms with Crippen molar-refractivity contribution >= 4 is 5.91 Å². The van der Waals surface area contributed by atoms with Crippen molar-refractivity contribution in [2.24, 2.45) is 0 Å². The standard InChI is InChI=1S/C21H27NO3/c1-5-19(25-20-12-7-9-15(3)16(20)4)21(23)22-14-17-10-8-11-18(13-17)24-6-2/h7-13,19H,5-6,14H2,1-4H3,(H,22,23)/t19-/m1/s1. The molecule has 0 aliphatic carbocycles. The number of carbonyl (C=O) groups excluding carboxylic acids is 1. The number of amides is 1. The lowest BCUT2D eigenvalue weighted by molar-refractivity contribution is -0.128. The van der Waals surface area contributed by atoms with Crippen LogP contribution in [0.25, 0.3) is 0 Å². The van der Waals surface area contributed by atoms with Gasteiger partial charge in [-0.25, -0.2) is 0 Å². The fourth-order valence-corrected chi connectivity index (χ4v) is 2.54. The lowest BCUT2D eigenvalue weighted by atomic mass is 10.1. The lowest BCUT2D eigenvalue weighted by Crippen LogP contribution is -2.37. The van der Waals surface area contributed by atoms with Crippen molar-refractivity contribution < 1.29 is 14.3 Å². The maximum Gasteiger partial charge on any atom is 0.261 e. The van der Waals surface area contributed by atoms with E-state index >= 15 is 0 Å². The molecule has 0 spiro atoms. The smallest absolute Gasteiger partial charge is 0.261 e. The zero-order valence-corrected chi connectivity index (χ0v) is 15.5. The molecule has 0 fully saturated rings. The van der Waals surface area contributed by atoms with Crippen molar-refractivity contribution in [3.63, 3.8) is 0 Å². The van der Waals surface area contributed by atoms with Crippen LogP contribution in [0.15, 0.2) is 42.5 Å². The van der Waals surface area contributed by atoms with Crippen molar-refractivity contribution in [3.8, 4) is 11.5 Å². The number of aryl methyl sites for hydroxylation is 1. The van der Waals surface area contributed by atoms with E-state index in [1.54, 1.807) is 0 Å². The highest BCUT2D eigenvalue weighted by Crippen LogP contribution is 2.22. The summed E-state index contributed by atoms with van der Waals surface area (Å²) in [6.07, 6.45) is 0.105. The van der Waals surface area contributed by atoms with Crippen molar-refractivity contribution in [3.05, 3.63) is 59.2 Å². The van der Waals surface area contributed by atoms with Crippen LogP contribution < -0.4 is 14.8 Å². The molecule has 0 radical (unpaired) electrons. The van der Waals surface area contributed by atoms with E-state index in [1.807, 2.05) is 70.2 Å². The van der Waals surface area contributed by atoms with Gasteiger partial charge in [-0.05, 0) is 62.1 Å². The Morgan fingerprint density at radius 1 is 1.12 bits per heavy atom. The first-order valence-corrected chi connectivity index (χ1v) is 8.77. The monoisotopic (exact) mass is 341 g/mol. The van der Waals surface area contributed by atoms with Crippen LogP contribution in [0.1, 0.15) is 37.0 Å². The highest BCUT2D eigenvalue weighted by atomic mass is 16.5. The van der Waals surface area contributed by atoms with Gasteiger partial charge in [-0.15, -0.1) is 0 Å². The van der Waals surface area contributed by atoms with Crippen LogP contribution >= 0.6 is 0 Å². The topological polar surface area (TPSA) is 47.6 Å². The predicted molar refractivity (Wildman–Crippen MR) is 100 cm³/mol. The normalized spacial score (nSPS) is 11.7. The van der Waals surface area contributed by atoms with Gasteiger partial charge in [0, 0.05) is 6.54 Å². The van der Waals surface area contributed by atoms with E-state index < -0.39 is 6.10 Å². The first-order chi connectivity index (χ1) is 12.0. The first kappa shape index (κ1) is 18.8. The highest BCUT2D eigenvalue weighted by molar-refractivity contribution is 5.81. The van der Waals surface area contributed by atoms with Gasteiger partial charge >= 0.3 is 0 Å². The summed E-state index contributed by atoms with van der Waals surface area (Å²) in [6.45, 7) is 9.02. The van der Waals surface area contributed by atoms with Gasteiger partial charge in [-0.3, -0.25) is 4.79 Å². The number of ether oxygens (including phenoxy) is 2. The Balaban J connectivity index is 1.98. The van der Waals surface area contributed by atoms with Crippen LogP contribution in [0.5, 0.6) is 11.5 Å². The van der Waals surface area contributed by atoms with E-state index in [9.17, 15) is 4.79 Å². The van der Waals surface area contributed by atoms with Crippen LogP contribution in [-0.2, 0) is 11.3 Å². The van der Waals surface area contributed by atoms with Gasteiger partial charge in [-0.2, -0.15) is 0 Å². The third kappa shape index (κ3) is 5.24. The minimum absolute atomic E-state index is 0.106. The molecule has 0 bridgehead atoms. The van der Waals surface area contributed by atoms with Gasteiger partial charge in [0.2, 0.25) is 0 Å². The number of hydrogen-bond donors (Lipinski definition) is 1. The zero-order valence-electron chi connectivity index (χ0n) is 15.5. The molecule has 0 aliphatic heterocycles. The summed E-state index contributed by atoms with van der Waals surface area (Å²) in [5.41, 5.74) is 3.22. The fourth-order valence-electron chi connectivity index (χ4n) is 2.54. The molecule has 1 amide bonds. The quantitative estimate of drug-likeness (QED) is 0.784. The number of benzene rings is 2. The Morgan fingerprint density at radius 3 is 2.60 bits per heavy atom. The molecule has 1 atom stereocenters. The van der Waals surface area contributed by atoms with Gasteiger partial charge in [0.05, 0.1) is 6.61 Å². The second-order valence-corrected chi connectivity index (χ2v) is 6.01. The molecule has 25 heavy (non-hydrogen) atoms. The summed E-state index contributed by atoms with van der Waals surface area (Å²) >= 11 is 0. The summed E-state index contributed by atoms with van der Waals surface area (Å²) in [7, 11) is 0. The van der Waals surface area contributed by atoms with Crippen molar-refractivity contribution in [2.45, 2.75) is 46.8 Å². The van der Waals surface area contributed by atoms with Gasteiger partial charge in [0.15, 0.2) is 6.10 Å². The van der Waals surface area contributed by atoms with E-state index in [0.29, 0.717) is 19.6 Å². The Hall–Kier alpha value is -2.49. The molecule has 0 aliphatic rings. The number of carbonyl (C=O) groups is 1. The Kier molecular flexibility index (Phi) is 6.87. The Morgan fingerprint density at radius 2 is 1.88 bits per heavy atom. The number of rotatable bonds is 8. The van der Waals surface area contributed by atoms with Gasteiger partial charge in [0.1, 0.15) is 11.5 Å². The molecule has 4 nitrogen and oxygen atoms in total. The Labute approximate surface area is 150 Å². The van der Waals surface area contributed by atoms with Crippen molar-refractivity contribution in [1.29, 1.82) is 0 Å². The van der Waals surface area contributed by atoms with Crippen LogP contribution in [0.2, 0.25) is 0 Å². The minimum atomic E-state index is -0.504. The molecule has 1 N–H and O–H groups in total. The Bertz CT molecular complexity index is 712. The molecule has 0 saturated heterocycles. The fraction of sp³-hybridized carbons (Fsp3) is 0.381. The average molecular weight is 341 g/mol. The molecular formula is C21H27NO3. The molecule has 4 heteroatoms. The van der Waals surface area contributed by atoms with E-state index in [-0.39, 0.29) is 5.91 Å². The molecule has 2 rings (SSSR count). The van der Waals surface area contributed by atoms with Crippen molar-refractivity contribution in [1.82, 2.24) is 5.32 Å². The van der Waals surface area contributed by atoms with Crippen LogP contribution in [0.4, 0.5) is 0 Å². The summed E-state index contributed by atoms with van der Waals surface area (Å²) in [5.74, 6) is 1.47. The molecule has 134 valence electrons. The average Bonchev–Trinajstić information content (AvgIpc) is 2.61. The summed E-state index contributed by atoms with van der Waals surface area (Å²) < 4.78 is 11.4. The molecule has 0 saturated carbocycles. The van der Waals surface area contributed by atoms with Crippen LogP contribution in [-0.4, -0.2) is 18.6 Å². The molecule has 2 aromatic rings. The second-order valence-electron chi connectivity index (χ2n) is 6.01. The number of nitrogens with one attached hydrogen (secondary N) is 1. The van der Waals surface area contributed by atoms with Gasteiger partial charge in [-0.1, -0.05) is 31.2 Å². The largest absolute Gasteiger partial charge is 0.494 e. The molecule has 0 aromatic heterocycles. The van der Waals surface area contributed by atoms with Crippen molar-refractivity contribution in [2.75, 3.05) is 6.61 Å². The molecular weight excluding hydrogens is 314 g/mol. The first-order valence-electron chi connectivity index (χ1n) is 8.77. The predicted octanol–water partition coefficient (Wildman–Crippen LogP) is 4.18. The van der Waals surface area contributed by atoms with E-state index in [1.165, 1.54) is 0 Å². The van der Waals surface area contributed by atoms with E-state index in [4.69, 9.17) is 9.47 Å². The maximum absolute atomic E-state index is 12.5. The van der Waals surface area contributed by atoms with Crippen LogP contribution in [0.3, 0.4) is 0 Å². The summed E-state index contributed by atoms with van der Waals surface area (Å²) in [4.78, 5) is 12.5. The maximum atomic E-state index is 12.5. The SMILES string of the molecule is CCOc1cccc(CNC(=O)[C@@H](CC)Oc2cccc(C)c2C)c1. The third-order valence-corrected chi connectivity index (χ3v) is 4.16. The van der Waals surface area contributed by atoms with Crippen LogP contribution in [0, 0.1) is 13.8 Å². The van der Waals surface area contributed by atoms with E-state index in [2.05, 4.69) is 5.32 Å². The molecule has 0 heterocycles. The van der Waals surface area contributed by atoms with Gasteiger partial charge < -0.3 is 14.8 Å². The van der Waals surface area contributed by atoms with Gasteiger partial charge in [0.25, 0.3) is 5.91 Å². The minimum Gasteiger partial charge on any atom is -0.494 e. The zero-order chi connectivity index (χ0) is 18.2. The van der Waals surface area contributed by atoms with E-state index in [0.717, 1.165) is 28.2 Å².